The van der Waals surface area contributed by atoms with Crippen molar-refractivity contribution in [1.29, 1.82) is 0 Å². The smallest absolute Gasteiger partial charge is 0.325 e. The molecule has 0 aromatic heterocycles. The molecule has 1 fully saturated rings. The molecule has 0 spiro atoms. The number of benzene rings is 1. The van der Waals surface area contributed by atoms with Crippen LogP contribution in [0.5, 0.6) is 0 Å². The number of ether oxygens (including phenoxy) is 1. The maximum atomic E-state index is 11.4. The Morgan fingerprint density at radius 3 is 2.61 bits per heavy atom. The summed E-state index contributed by atoms with van der Waals surface area (Å²) in [5.41, 5.74) is 0.784. The molecule has 4 heteroatoms. The van der Waals surface area contributed by atoms with Gasteiger partial charge in [-0.3, -0.25) is 10.1 Å². The summed E-state index contributed by atoms with van der Waals surface area (Å²) in [4.78, 5) is 11.4. The minimum Gasteiger partial charge on any atom is -0.480 e. The number of carboxylic acid groups (broad SMARTS) is 1. The molecule has 0 bridgehead atoms. The Balaban J connectivity index is 2.08. The predicted octanol–water partition coefficient (Wildman–Crippen LogP) is 1.83. The zero-order valence-electron chi connectivity index (χ0n) is 10.5. The van der Waals surface area contributed by atoms with Gasteiger partial charge in [0.05, 0.1) is 6.61 Å². The van der Waals surface area contributed by atoms with Crippen molar-refractivity contribution in [3.05, 3.63) is 35.9 Å². The van der Waals surface area contributed by atoms with Gasteiger partial charge in [-0.05, 0) is 24.3 Å². The van der Waals surface area contributed by atoms with Gasteiger partial charge in [0.15, 0.2) is 0 Å². The van der Waals surface area contributed by atoms with Gasteiger partial charge in [0.25, 0.3) is 0 Å². The molecule has 1 aliphatic carbocycles. The molecule has 1 saturated carbocycles. The zero-order valence-corrected chi connectivity index (χ0v) is 10.5. The van der Waals surface area contributed by atoms with Gasteiger partial charge in [-0.1, -0.05) is 30.3 Å². The van der Waals surface area contributed by atoms with Gasteiger partial charge in [-0.2, -0.15) is 0 Å². The Labute approximate surface area is 107 Å². The molecule has 1 aromatic rings. The van der Waals surface area contributed by atoms with Gasteiger partial charge < -0.3 is 9.84 Å². The highest BCUT2D eigenvalue weighted by atomic mass is 16.5. The maximum Gasteiger partial charge on any atom is 0.325 e. The monoisotopic (exact) mass is 249 g/mol. The van der Waals surface area contributed by atoms with Crippen LogP contribution >= 0.6 is 0 Å². The highest BCUT2D eigenvalue weighted by Crippen LogP contribution is 2.34. The van der Waals surface area contributed by atoms with Crippen LogP contribution in [0, 0.1) is 5.92 Å². The molecule has 18 heavy (non-hydrogen) atoms. The van der Waals surface area contributed by atoms with Crippen LogP contribution in [-0.2, 0) is 9.53 Å². The van der Waals surface area contributed by atoms with Gasteiger partial charge in [0, 0.05) is 13.2 Å². The van der Waals surface area contributed by atoms with Gasteiger partial charge >= 0.3 is 5.97 Å². The van der Waals surface area contributed by atoms with E-state index >= 15 is 0 Å². The van der Waals surface area contributed by atoms with Crippen LogP contribution in [-0.4, -0.2) is 30.8 Å². The lowest BCUT2D eigenvalue weighted by Gasteiger charge is -2.23. The summed E-state index contributed by atoms with van der Waals surface area (Å²) in [6.07, 6.45) is 2.31. The quantitative estimate of drug-likeness (QED) is 0.774. The minimum atomic E-state index is -0.844. The Kier molecular flexibility index (Phi) is 4.33. The van der Waals surface area contributed by atoms with E-state index in [-0.39, 0.29) is 6.04 Å². The number of carbonyl (C=O) groups is 1. The van der Waals surface area contributed by atoms with E-state index in [0.29, 0.717) is 12.5 Å². The predicted molar refractivity (Wildman–Crippen MR) is 68.3 cm³/mol. The second kappa shape index (κ2) is 5.98. The summed E-state index contributed by atoms with van der Waals surface area (Å²) in [5.74, 6) is -0.293. The molecule has 0 amide bonds. The first-order valence-corrected chi connectivity index (χ1v) is 6.25. The van der Waals surface area contributed by atoms with Crippen molar-refractivity contribution in [3.63, 3.8) is 0 Å². The van der Waals surface area contributed by atoms with Crippen molar-refractivity contribution in [1.82, 2.24) is 5.32 Å². The average Bonchev–Trinajstić information content (AvgIpc) is 3.19. The number of nitrogens with one attached hydrogen (secondary N) is 1. The topological polar surface area (TPSA) is 58.6 Å². The first-order chi connectivity index (χ1) is 8.72. The summed E-state index contributed by atoms with van der Waals surface area (Å²) in [6, 6.07) is 8.73. The molecular formula is C14H19NO3. The third-order valence-electron chi connectivity index (χ3n) is 3.30. The third-order valence-corrected chi connectivity index (χ3v) is 3.30. The first kappa shape index (κ1) is 13.1. The van der Waals surface area contributed by atoms with E-state index < -0.39 is 12.0 Å². The van der Waals surface area contributed by atoms with E-state index in [1.807, 2.05) is 30.3 Å². The summed E-state index contributed by atoms with van der Waals surface area (Å²) < 4.78 is 5.17. The standard InChI is InChI=1S/C14H19NO3/c1-18-9-12(10-7-8-10)15-13(14(16)17)11-5-3-2-4-6-11/h2-6,10,12-13,15H,7-9H2,1H3,(H,16,17). The fourth-order valence-corrected chi connectivity index (χ4v) is 2.17. The molecule has 2 atom stereocenters. The molecular weight excluding hydrogens is 230 g/mol. The normalized spacial score (nSPS) is 18.3. The summed E-state index contributed by atoms with van der Waals surface area (Å²) in [5, 5.41) is 12.6. The zero-order chi connectivity index (χ0) is 13.0. The van der Waals surface area contributed by atoms with Crippen LogP contribution in [0.1, 0.15) is 24.4 Å². The molecule has 0 saturated heterocycles. The number of rotatable bonds is 7. The molecule has 4 nitrogen and oxygen atoms in total. The van der Waals surface area contributed by atoms with Crippen molar-refractivity contribution < 1.29 is 14.6 Å². The first-order valence-electron chi connectivity index (χ1n) is 6.25. The molecule has 0 aliphatic heterocycles. The van der Waals surface area contributed by atoms with E-state index in [0.717, 1.165) is 18.4 Å². The molecule has 2 rings (SSSR count). The van der Waals surface area contributed by atoms with Crippen molar-refractivity contribution in [2.45, 2.75) is 24.9 Å². The Hall–Kier alpha value is -1.39. The molecule has 98 valence electrons. The molecule has 2 N–H and O–H groups in total. The highest BCUT2D eigenvalue weighted by molar-refractivity contribution is 5.75. The van der Waals surface area contributed by atoms with E-state index in [2.05, 4.69) is 5.32 Å². The van der Waals surface area contributed by atoms with Gasteiger partial charge in [0.1, 0.15) is 6.04 Å². The Bertz CT molecular complexity index is 389. The van der Waals surface area contributed by atoms with E-state index in [9.17, 15) is 9.90 Å². The minimum absolute atomic E-state index is 0.122. The number of methoxy groups -OCH3 is 1. The fraction of sp³-hybridized carbons (Fsp3) is 0.500. The van der Waals surface area contributed by atoms with Crippen LogP contribution in [0.4, 0.5) is 0 Å². The van der Waals surface area contributed by atoms with Crippen LogP contribution in [0.2, 0.25) is 0 Å². The van der Waals surface area contributed by atoms with E-state index in [1.165, 1.54) is 0 Å². The van der Waals surface area contributed by atoms with Gasteiger partial charge in [0.2, 0.25) is 0 Å². The van der Waals surface area contributed by atoms with Crippen molar-refractivity contribution in [2.75, 3.05) is 13.7 Å². The second-order valence-corrected chi connectivity index (χ2v) is 4.75. The number of hydrogen-bond donors (Lipinski definition) is 2. The Morgan fingerprint density at radius 1 is 1.44 bits per heavy atom. The lowest BCUT2D eigenvalue weighted by atomic mass is 10.0. The highest BCUT2D eigenvalue weighted by Gasteiger charge is 2.34. The van der Waals surface area contributed by atoms with Gasteiger partial charge in [-0.25, -0.2) is 0 Å². The van der Waals surface area contributed by atoms with Crippen molar-refractivity contribution in [3.8, 4) is 0 Å². The second-order valence-electron chi connectivity index (χ2n) is 4.75. The van der Waals surface area contributed by atoms with Crippen LogP contribution < -0.4 is 5.32 Å². The lowest BCUT2D eigenvalue weighted by molar-refractivity contribution is -0.140. The number of hydrogen-bond acceptors (Lipinski definition) is 3. The van der Waals surface area contributed by atoms with Crippen molar-refractivity contribution in [2.24, 2.45) is 5.92 Å². The number of carboxylic acids is 1. The van der Waals surface area contributed by atoms with E-state index in [4.69, 9.17) is 4.74 Å². The van der Waals surface area contributed by atoms with Gasteiger partial charge in [-0.15, -0.1) is 0 Å². The summed E-state index contributed by atoms with van der Waals surface area (Å²) >= 11 is 0. The third kappa shape index (κ3) is 3.31. The molecule has 2 unspecified atom stereocenters. The summed E-state index contributed by atoms with van der Waals surface area (Å²) in [6.45, 7) is 0.557. The van der Waals surface area contributed by atoms with Crippen LogP contribution in [0.25, 0.3) is 0 Å². The average molecular weight is 249 g/mol. The van der Waals surface area contributed by atoms with Crippen molar-refractivity contribution >= 4 is 5.97 Å². The van der Waals surface area contributed by atoms with Crippen LogP contribution in [0.15, 0.2) is 30.3 Å². The SMILES string of the molecule is COCC(NC(C(=O)O)c1ccccc1)C1CC1. The Morgan fingerprint density at radius 2 is 2.11 bits per heavy atom. The molecule has 1 aliphatic rings. The lowest BCUT2D eigenvalue weighted by Crippen LogP contribution is -2.41. The summed E-state index contributed by atoms with van der Waals surface area (Å²) in [7, 11) is 1.65. The largest absolute Gasteiger partial charge is 0.480 e. The number of aliphatic carboxylic acids is 1. The fourth-order valence-electron chi connectivity index (χ4n) is 2.17. The van der Waals surface area contributed by atoms with Crippen LogP contribution in [0.3, 0.4) is 0 Å². The maximum absolute atomic E-state index is 11.4. The molecule has 0 radical (unpaired) electrons. The molecule has 1 aromatic carbocycles. The van der Waals surface area contributed by atoms with E-state index in [1.54, 1.807) is 7.11 Å². The molecule has 0 heterocycles.